The number of hydrogen-bond acceptors (Lipinski definition) is 0. The van der Waals surface area contributed by atoms with Gasteiger partial charge < -0.3 is 0 Å². The summed E-state index contributed by atoms with van der Waals surface area (Å²) >= 11 is 10.7. The Morgan fingerprint density at radius 2 is 1.25 bits per heavy atom. The Morgan fingerprint density at radius 1 is 0.688 bits per heavy atom. The standard InChI is InChI=1S/C13H9Br3/c14-13(15,16)12-9-5-4-8-11(12)10-6-2-1-3-7-10/h1-9H. The molecule has 0 amide bonds. The van der Waals surface area contributed by atoms with Crippen LogP contribution in [0.1, 0.15) is 5.56 Å². The summed E-state index contributed by atoms with van der Waals surface area (Å²) in [6, 6.07) is 18.6. The van der Waals surface area contributed by atoms with Gasteiger partial charge in [-0.3, -0.25) is 0 Å². The molecule has 0 N–H and O–H groups in total. The van der Waals surface area contributed by atoms with Crippen molar-refractivity contribution < 1.29 is 0 Å². The van der Waals surface area contributed by atoms with E-state index in [0.717, 1.165) is 5.56 Å². The summed E-state index contributed by atoms with van der Waals surface area (Å²) in [6.07, 6.45) is 0. The van der Waals surface area contributed by atoms with Crippen molar-refractivity contribution in [3.8, 4) is 11.1 Å². The lowest BCUT2D eigenvalue weighted by atomic mass is 10.0. The van der Waals surface area contributed by atoms with Gasteiger partial charge >= 0.3 is 0 Å². The third-order valence-electron chi connectivity index (χ3n) is 2.32. The van der Waals surface area contributed by atoms with Gasteiger partial charge in [-0.05, 0) is 16.7 Å². The molecule has 16 heavy (non-hydrogen) atoms. The molecule has 2 aromatic carbocycles. The van der Waals surface area contributed by atoms with Crippen LogP contribution in [0.4, 0.5) is 0 Å². The Hall–Kier alpha value is -0.120. The normalized spacial score (nSPS) is 11.4. The topological polar surface area (TPSA) is 0 Å². The molecule has 0 aliphatic heterocycles. The van der Waals surface area contributed by atoms with E-state index in [2.05, 4.69) is 72.1 Å². The second-order valence-electron chi connectivity index (χ2n) is 3.41. The van der Waals surface area contributed by atoms with Gasteiger partial charge in [0.15, 0.2) is 2.14 Å². The lowest BCUT2D eigenvalue weighted by Gasteiger charge is -2.17. The second-order valence-corrected chi connectivity index (χ2v) is 10.2. The smallest absolute Gasteiger partial charge is 0.0622 e. The van der Waals surface area contributed by atoms with Gasteiger partial charge in [0, 0.05) is 0 Å². The molecule has 0 spiro atoms. The monoisotopic (exact) mass is 402 g/mol. The maximum absolute atomic E-state index is 3.57. The molecular weight excluding hydrogens is 396 g/mol. The van der Waals surface area contributed by atoms with Crippen LogP contribution >= 0.6 is 47.8 Å². The van der Waals surface area contributed by atoms with Crippen molar-refractivity contribution in [1.82, 2.24) is 0 Å². The van der Waals surface area contributed by atoms with E-state index in [9.17, 15) is 0 Å². The number of halogens is 3. The predicted molar refractivity (Wildman–Crippen MR) is 80.3 cm³/mol. The van der Waals surface area contributed by atoms with Crippen LogP contribution in [0.2, 0.25) is 0 Å². The molecular formula is C13H9Br3. The summed E-state index contributed by atoms with van der Waals surface area (Å²) in [5, 5.41) is 0. The molecule has 82 valence electrons. The van der Waals surface area contributed by atoms with Crippen molar-refractivity contribution in [2.24, 2.45) is 0 Å². The Kier molecular flexibility index (Phi) is 3.88. The molecule has 0 radical (unpaired) electrons. The average Bonchev–Trinajstić information content (AvgIpc) is 2.29. The molecule has 0 saturated carbocycles. The highest BCUT2D eigenvalue weighted by atomic mass is 80.0. The number of benzene rings is 2. The lowest BCUT2D eigenvalue weighted by Crippen LogP contribution is -2.00. The second kappa shape index (κ2) is 5.03. The van der Waals surface area contributed by atoms with Crippen LogP contribution in [0.25, 0.3) is 11.1 Å². The fourth-order valence-corrected chi connectivity index (χ4v) is 2.64. The molecule has 0 saturated heterocycles. The van der Waals surface area contributed by atoms with Gasteiger partial charge in [0.25, 0.3) is 0 Å². The predicted octanol–water partition coefficient (Wildman–Crippen LogP) is 5.65. The summed E-state index contributed by atoms with van der Waals surface area (Å²) in [5.41, 5.74) is 3.57. The summed E-state index contributed by atoms with van der Waals surface area (Å²) in [6.45, 7) is 0. The van der Waals surface area contributed by atoms with E-state index in [4.69, 9.17) is 0 Å². The minimum Gasteiger partial charge on any atom is -0.0622 e. The van der Waals surface area contributed by atoms with Gasteiger partial charge in [-0.2, -0.15) is 0 Å². The van der Waals surface area contributed by atoms with E-state index in [1.54, 1.807) is 0 Å². The molecule has 0 aliphatic carbocycles. The SMILES string of the molecule is BrC(Br)(Br)c1ccccc1-c1ccccc1. The third kappa shape index (κ3) is 2.76. The van der Waals surface area contributed by atoms with Crippen LogP contribution in [0.15, 0.2) is 54.6 Å². The minimum absolute atomic E-state index is 0.376. The Balaban J connectivity index is 2.58. The molecule has 0 aromatic heterocycles. The van der Waals surface area contributed by atoms with E-state index in [1.165, 1.54) is 11.1 Å². The van der Waals surface area contributed by atoms with Gasteiger partial charge in [-0.25, -0.2) is 0 Å². The van der Waals surface area contributed by atoms with Crippen LogP contribution in [0.3, 0.4) is 0 Å². The summed E-state index contributed by atoms with van der Waals surface area (Å²) in [4.78, 5) is 0. The number of hydrogen-bond donors (Lipinski definition) is 0. The Morgan fingerprint density at radius 3 is 1.88 bits per heavy atom. The van der Waals surface area contributed by atoms with E-state index < -0.39 is 0 Å². The van der Waals surface area contributed by atoms with Gasteiger partial charge in [0.1, 0.15) is 0 Å². The van der Waals surface area contributed by atoms with E-state index in [1.807, 2.05) is 30.3 Å². The van der Waals surface area contributed by atoms with Gasteiger partial charge in [0.2, 0.25) is 0 Å². The van der Waals surface area contributed by atoms with Crippen molar-refractivity contribution in [1.29, 1.82) is 0 Å². The van der Waals surface area contributed by atoms with Crippen molar-refractivity contribution in [2.75, 3.05) is 0 Å². The molecule has 0 heterocycles. The first-order chi connectivity index (χ1) is 7.59. The highest BCUT2D eigenvalue weighted by Gasteiger charge is 2.24. The van der Waals surface area contributed by atoms with Gasteiger partial charge in [0.05, 0.1) is 0 Å². The van der Waals surface area contributed by atoms with Crippen LogP contribution in [0, 0.1) is 0 Å². The van der Waals surface area contributed by atoms with Crippen molar-refractivity contribution in [2.45, 2.75) is 2.14 Å². The Labute approximate surface area is 120 Å². The number of rotatable bonds is 1. The maximum Gasteiger partial charge on any atom is 0.160 e. The van der Waals surface area contributed by atoms with E-state index in [-0.39, 0.29) is 2.14 Å². The maximum atomic E-state index is 3.57. The zero-order chi connectivity index (χ0) is 11.6. The first-order valence-corrected chi connectivity index (χ1v) is 7.18. The third-order valence-corrected chi connectivity index (χ3v) is 3.60. The highest BCUT2D eigenvalue weighted by Crippen LogP contribution is 2.47. The van der Waals surface area contributed by atoms with Crippen LogP contribution < -0.4 is 0 Å². The zero-order valence-electron chi connectivity index (χ0n) is 8.33. The largest absolute Gasteiger partial charge is 0.160 e. The van der Waals surface area contributed by atoms with Crippen molar-refractivity contribution >= 4 is 47.8 Å². The van der Waals surface area contributed by atoms with Gasteiger partial charge in [-0.15, -0.1) is 0 Å². The first kappa shape index (κ1) is 12.3. The molecule has 0 atom stereocenters. The van der Waals surface area contributed by atoms with Crippen molar-refractivity contribution in [3.63, 3.8) is 0 Å². The fraction of sp³-hybridized carbons (Fsp3) is 0.0769. The Bertz CT molecular complexity index is 472. The summed E-state index contributed by atoms with van der Waals surface area (Å²) < 4.78 is -0.376. The molecule has 0 nitrogen and oxygen atoms in total. The van der Waals surface area contributed by atoms with E-state index in [0.29, 0.717) is 0 Å². The quantitative estimate of drug-likeness (QED) is 0.539. The zero-order valence-corrected chi connectivity index (χ0v) is 13.1. The molecule has 2 aromatic rings. The summed E-state index contributed by atoms with van der Waals surface area (Å²) in [5.74, 6) is 0. The van der Waals surface area contributed by atoms with Crippen LogP contribution in [0.5, 0.6) is 0 Å². The molecule has 3 heteroatoms. The highest BCUT2D eigenvalue weighted by molar-refractivity contribution is 9.38. The summed E-state index contributed by atoms with van der Waals surface area (Å²) in [7, 11) is 0. The molecule has 0 aliphatic rings. The average molecular weight is 405 g/mol. The van der Waals surface area contributed by atoms with Crippen molar-refractivity contribution in [3.05, 3.63) is 60.2 Å². The minimum atomic E-state index is -0.376. The lowest BCUT2D eigenvalue weighted by molar-refractivity contribution is 1.36. The van der Waals surface area contributed by atoms with Crippen LogP contribution in [-0.2, 0) is 2.14 Å². The molecule has 0 bridgehead atoms. The fourth-order valence-electron chi connectivity index (χ4n) is 1.60. The molecule has 2 rings (SSSR count). The molecule has 0 unspecified atom stereocenters. The molecule has 0 fully saturated rings. The van der Waals surface area contributed by atoms with E-state index >= 15 is 0 Å². The first-order valence-electron chi connectivity index (χ1n) is 4.80. The van der Waals surface area contributed by atoms with Gasteiger partial charge in [-0.1, -0.05) is 102 Å². The number of alkyl halides is 3. The van der Waals surface area contributed by atoms with Crippen LogP contribution in [-0.4, -0.2) is 0 Å².